The quantitative estimate of drug-likeness (QED) is 0.220. The van der Waals surface area contributed by atoms with Gasteiger partial charge in [0.2, 0.25) is 0 Å². The molecule has 1 heterocycles. The Morgan fingerprint density at radius 3 is 1.16 bits per heavy atom. The average Bonchev–Trinajstić information content (AvgIpc) is 3.38. The molecular weight excluding hydrogens is 480 g/mol. The summed E-state index contributed by atoms with van der Waals surface area (Å²) in [7, 11) is 2.76. The first-order valence-electron chi connectivity index (χ1n) is 11.8. The van der Waals surface area contributed by atoms with E-state index in [4.69, 9.17) is 9.47 Å². The van der Waals surface area contributed by atoms with Crippen LogP contribution in [0.15, 0.2) is 109 Å². The molecule has 0 radical (unpaired) electrons. The zero-order valence-corrected chi connectivity index (χ0v) is 21.3. The van der Waals surface area contributed by atoms with Gasteiger partial charge in [0, 0.05) is 20.9 Å². The van der Waals surface area contributed by atoms with Crippen molar-refractivity contribution >= 4 is 23.3 Å². The maximum absolute atomic E-state index is 12.0. The topological polar surface area (TPSA) is 52.6 Å². The zero-order chi connectivity index (χ0) is 25.8. The van der Waals surface area contributed by atoms with Crippen LogP contribution in [-0.4, -0.2) is 26.2 Å². The Labute approximate surface area is 219 Å². The average molecular weight is 505 g/mol. The summed E-state index contributed by atoms with van der Waals surface area (Å²) >= 11 is 1.69. The van der Waals surface area contributed by atoms with Crippen LogP contribution in [0.25, 0.3) is 43.1 Å². The molecule has 0 aliphatic heterocycles. The molecule has 0 aliphatic carbocycles. The van der Waals surface area contributed by atoms with E-state index in [9.17, 15) is 9.59 Å². The number of esters is 2. The lowest BCUT2D eigenvalue weighted by atomic mass is 9.91. The monoisotopic (exact) mass is 504 g/mol. The number of carbonyl (C=O) groups is 2. The molecule has 1 aromatic heterocycles. The molecule has 5 rings (SSSR count). The van der Waals surface area contributed by atoms with E-state index in [-0.39, 0.29) is 11.9 Å². The molecule has 0 unspecified atom stereocenters. The lowest BCUT2D eigenvalue weighted by molar-refractivity contribution is 0.0592. The number of carbonyl (C=O) groups excluding carboxylic acids is 2. The first-order chi connectivity index (χ1) is 18.1. The first-order valence-corrected chi connectivity index (χ1v) is 12.6. The number of rotatable bonds is 6. The summed E-state index contributed by atoms with van der Waals surface area (Å²) in [5.41, 5.74) is 7.46. The minimum Gasteiger partial charge on any atom is -0.465 e. The predicted molar refractivity (Wildman–Crippen MR) is 149 cm³/mol. The van der Waals surface area contributed by atoms with Crippen molar-refractivity contribution < 1.29 is 19.1 Å². The highest BCUT2D eigenvalue weighted by atomic mass is 32.1. The molecule has 4 aromatic carbocycles. The van der Waals surface area contributed by atoms with Crippen LogP contribution in [0.2, 0.25) is 0 Å². The number of hydrogen-bond acceptors (Lipinski definition) is 5. The number of thiophene rings is 1. The maximum atomic E-state index is 12.0. The van der Waals surface area contributed by atoms with Crippen LogP contribution in [-0.2, 0) is 9.47 Å². The van der Waals surface area contributed by atoms with Gasteiger partial charge in [-0.05, 0) is 46.5 Å². The molecule has 0 saturated heterocycles. The van der Waals surface area contributed by atoms with Crippen LogP contribution in [0, 0.1) is 0 Å². The van der Waals surface area contributed by atoms with E-state index in [0.29, 0.717) is 11.1 Å². The van der Waals surface area contributed by atoms with Gasteiger partial charge < -0.3 is 9.47 Å². The van der Waals surface area contributed by atoms with Gasteiger partial charge in [0.25, 0.3) is 0 Å². The first kappa shape index (κ1) is 24.2. The van der Waals surface area contributed by atoms with E-state index in [1.807, 2.05) is 60.7 Å². The largest absolute Gasteiger partial charge is 0.465 e. The molecule has 0 spiro atoms. The molecule has 0 fully saturated rings. The molecule has 4 nitrogen and oxygen atoms in total. The lowest BCUT2D eigenvalue weighted by Crippen LogP contribution is -2.00. The van der Waals surface area contributed by atoms with E-state index >= 15 is 0 Å². The van der Waals surface area contributed by atoms with Crippen LogP contribution in [0.1, 0.15) is 20.7 Å². The molecule has 37 heavy (non-hydrogen) atoms. The highest BCUT2D eigenvalue weighted by Gasteiger charge is 2.23. The molecule has 5 aromatic rings. The summed E-state index contributed by atoms with van der Waals surface area (Å²) in [5, 5.41) is 0. The zero-order valence-electron chi connectivity index (χ0n) is 20.4. The molecule has 0 amide bonds. The van der Waals surface area contributed by atoms with Crippen LogP contribution in [0.4, 0.5) is 0 Å². The van der Waals surface area contributed by atoms with E-state index < -0.39 is 0 Å². The van der Waals surface area contributed by atoms with Gasteiger partial charge in [-0.3, -0.25) is 0 Å². The third kappa shape index (κ3) is 4.82. The molecule has 0 bridgehead atoms. The van der Waals surface area contributed by atoms with E-state index in [2.05, 4.69) is 24.3 Å². The molecule has 0 saturated carbocycles. The summed E-state index contributed by atoms with van der Waals surface area (Å²) in [5.74, 6) is -0.727. The third-order valence-corrected chi connectivity index (χ3v) is 7.46. The van der Waals surface area contributed by atoms with Crippen molar-refractivity contribution in [2.75, 3.05) is 14.2 Å². The molecule has 0 N–H and O–H groups in total. The number of hydrogen-bond donors (Lipinski definition) is 0. The van der Waals surface area contributed by atoms with Crippen molar-refractivity contribution in [3.63, 3.8) is 0 Å². The van der Waals surface area contributed by atoms with Gasteiger partial charge in [-0.2, -0.15) is 0 Å². The van der Waals surface area contributed by atoms with Crippen molar-refractivity contribution in [2.45, 2.75) is 0 Å². The Morgan fingerprint density at radius 1 is 0.486 bits per heavy atom. The smallest absolute Gasteiger partial charge is 0.337 e. The van der Waals surface area contributed by atoms with Gasteiger partial charge >= 0.3 is 11.9 Å². The summed E-state index contributed by atoms with van der Waals surface area (Å²) in [4.78, 5) is 26.2. The van der Waals surface area contributed by atoms with Crippen LogP contribution in [0.5, 0.6) is 0 Å². The highest BCUT2D eigenvalue weighted by Crippen LogP contribution is 2.51. The second-order valence-electron chi connectivity index (χ2n) is 8.38. The van der Waals surface area contributed by atoms with Gasteiger partial charge in [-0.25, -0.2) is 9.59 Å². The fourth-order valence-electron chi connectivity index (χ4n) is 4.35. The molecule has 0 atom stereocenters. The summed E-state index contributed by atoms with van der Waals surface area (Å²) < 4.78 is 9.76. The standard InChI is InChI=1S/C32H24O4S/c1-35-31(33)25-17-13-23(14-18-25)29-27(21-9-5-3-6-10-21)28(22-11-7-4-8-12-22)30(37-29)24-15-19-26(20-16-24)32(34)36-2/h3-20H,1-2H3. The molecular formula is C32H24O4S. The molecule has 182 valence electrons. The maximum Gasteiger partial charge on any atom is 0.337 e. The van der Waals surface area contributed by atoms with Gasteiger partial charge in [0.1, 0.15) is 0 Å². The van der Waals surface area contributed by atoms with E-state index in [1.165, 1.54) is 14.2 Å². The second-order valence-corrected chi connectivity index (χ2v) is 9.40. The fraction of sp³-hybridized carbons (Fsp3) is 0.0625. The SMILES string of the molecule is COC(=O)c1ccc(-c2sc(-c3ccc(C(=O)OC)cc3)c(-c3ccccc3)c2-c2ccccc2)cc1. The van der Waals surface area contributed by atoms with Crippen LogP contribution >= 0.6 is 11.3 Å². The van der Waals surface area contributed by atoms with Gasteiger partial charge in [-0.15, -0.1) is 11.3 Å². The van der Waals surface area contributed by atoms with E-state index in [1.54, 1.807) is 35.6 Å². The Hall–Kier alpha value is -4.48. The molecule has 0 aliphatic rings. The minimum absolute atomic E-state index is 0.364. The Bertz CT molecular complexity index is 1420. The van der Waals surface area contributed by atoms with E-state index in [0.717, 1.165) is 43.1 Å². The molecule has 5 heteroatoms. The predicted octanol–water partition coefficient (Wildman–Crippen LogP) is 7.99. The van der Waals surface area contributed by atoms with Crippen LogP contribution < -0.4 is 0 Å². The van der Waals surface area contributed by atoms with Gasteiger partial charge in [0.05, 0.1) is 25.3 Å². The Balaban J connectivity index is 1.77. The van der Waals surface area contributed by atoms with Crippen molar-refractivity contribution in [2.24, 2.45) is 0 Å². The van der Waals surface area contributed by atoms with Crippen molar-refractivity contribution in [1.82, 2.24) is 0 Å². The summed E-state index contributed by atoms with van der Waals surface area (Å²) in [6, 6.07) is 35.7. The van der Waals surface area contributed by atoms with Gasteiger partial charge in [-0.1, -0.05) is 84.9 Å². The van der Waals surface area contributed by atoms with Crippen molar-refractivity contribution in [3.8, 4) is 43.1 Å². The highest BCUT2D eigenvalue weighted by molar-refractivity contribution is 7.20. The minimum atomic E-state index is -0.364. The van der Waals surface area contributed by atoms with Crippen molar-refractivity contribution in [1.29, 1.82) is 0 Å². The number of ether oxygens (including phenoxy) is 2. The Morgan fingerprint density at radius 2 is 0.838 bits per heavy atom. The Kier molecular flexibility index (Phi) is 6.97. The van der Waals surface area contributed by atoms with Gasteiger partial charge in [0.15, 0.2) is 0 Å². The lowest BCUT2D eigenvalue weighted by Gasteiger charge is -2.11. The van der Waals surface area contributed by atoms with Crippen molar-refractivity contribution in [3.05, 3.63) is 120 Å². The number of benzene rings is 4. The number of methoxy groups -OCH3 is 2. The van der Waals surface area contributed by atoms with Crippen LogP contribution in [0.3, 0.4) is 0 Å². The normalized spacial score (nSPS) is 10.6. The summed E-state index contributed by atoms with van der Waals surface area (Å²) in [6.07, 6.45) is 0. The third-order valence-electron chi connectivity index (χ3n) is 6.17. The second kappa shape index (κ2) is 10.6. The summed E-state index contributed by atoms with van der Waals surface area (Å²) in [6.45, 7) is 0. The fourth-order valence-corrected chi connectivity index (χ4v) is 5.71.